The first kappa shape index (κ1) is 16.0. The molecule has 0 aliphatic heterocycles. The maximum atomic E-state index is 10.6. The van der Waals surface area contributed by atoms with E-state index in [9.17, 15) is 9.59 Å². The van der Waals surface area contributed by atoms with Crippen molar-refractivity contribution in [1.29, 1.82) is 0 Å². The molecule has 0 aliphatic carbocycles. The van der Waals surface area contributed by atoms with Crippen molar-refractivity contribution >= 4 is 34.1 Å². The lowest BCUT2D eigenvalue weighted by molar-refractivity contribution is -0.141. The number of ether oxygens (including phenoxy) is 1. The highest BCUT2D eigenvalue weighted by molar-refractivity contribution is 9.10. The molecule has 0 saturated carbocycles. The molecule has 0 atom stereocenters. The van der Waals surface area contributed by atoms with Crippen LogP contribution >= 0.6 is 15.9 Å². The molecule has 0 fully saturated rings. The lowest BCUT2D eigenvalue weighted by Gasteiger charge is -2.14. The Balaban J connectivity index is 2.93. The quantitative estimate of drug-likeness (QED) is 0.570. The summed E-state index contributed by atoms with van der Waals surface area (Å²) < 4.78 is 5.93. The molecule has 7 nitrogen and oxygen atoms in total. The van der Waals surface area contributed by atoms with E-state index in [1.807, 2.05) is 0 Å². The SMILES string of the molecule is COc1ccc(Br)cc1/C=N\N(CC(=O)O)CC(=O)O. The van der Waals surface area contributed by atoms with Crippen molar-refractivity contribution in [2.24, 2.45) is 5.10 Å². The highest BCUT2D eigenvalue weighted by Gasteiger charge is 2.11. The summed E-state index contributed by atoms with van der Waals surface area (Å²) in [7, 11) is 1.49. The molecule has 2 N–H and O–H groups in total. The van der Waals surface area contributed by atoms with E-state index >= 15 is 0 Å². The summed E-state index contributed by atoms with van der Waals surface area (Å²) in [6.45, 7) is -1.00. The van der Waals surface area contributed by atoms with Gasteiger partial charge >= 0.3 is 11.9 Å². The largest absolute Gasteiger partial charge is 0.496 e. The van der Waals surface area contributed by atoms with E-state index in [-0.39, 0.29) is 0 Å². The number of benzene rings is 1. The molecule has 1 rings (SSSR count). The summed E-state index contributed by atoms with van der Waals surface area (Å²) in [6.07, 6.45) is 1.36. The Morgan fingerprint density at radius 2 is 1.95 bits per heavy atom. The lowest BCUT2D eigenvalue weighted by Crippen LogP contribution is -2.30. The lowest BCUT2D eigenvalue weighted by atomic mass is 10.2. The van der Waals surface area contributed by atoms with E-state index < -0.39 is 25.0 Å². The minimum atomic E-state index is -1.16. The molecule has 1 aromatic rings. The third-order valence-electron chi connectivity index (χ3n) is 2.19. The predicted molar refractivity (Wildman–Crippen MR) is 75.1 cm³/mol. The fourth-order valence-corrected chi connectivity index (χ4v) is 1.78. The third kappa shape index (κ3) is 5.27. The second-order valence-electron chi connectivity index (χ2n) is 3.74. The zero-order valence-corrected chi connectivity index (χ0v) is 12.2. The van der Waals surface area contributed by atoms with Crippen molar-refractivity contribution in [3.63, 3.8) is 0 Å². The number of carbonyl (C=O) groups is 2. The molecule has 1 aromatic carbocycles. The number of carboxylic acids is 2. The first-order valence-corrected chi connectivity index (χ1v) is 6.27. The van der Waals surface area contributed by atoms with E-state index in [0.717, 1.165) is 9.48 Å². The van der Waals surface area contributed by atoms with E-state index in [2.05, 4.69) is 21.0 Å². The number of hydrazone groups is 1. The average molecular weight is 345 g/mol. The zero-order chi connectivity index (χ0) is 15.1. The maximum absolute atomic E-state index is 10.6. The molecule has 0 aromatic heterocycles. The van der Waals surface area contributed by atoms with Crippen molar-refractivity contribution in [2.45, 2.75) is 0 Å². The molecule has 8 heteroatoms. The molecule has 0 amide bonds. The van der Waals surface area contributed by atoms with Crippen molar-refractivity contribution in [3.05, 3.63) is 28.2 Å². The number of aliphatic carboxylic acids is 2. The van der Waals surface area contributed by atoms with E-state index in [1.165, 1.54) is 13.3 Å². The summed E-state index contributed by atoms with van der Waals surface area (Å²) in [5.41, 5.74) is 0.600. The van der Waals surface area contributed by atoms with E-state index in [0.29, 0.717) is 11.3 Å². The summed E-state index contributed by atoms with van der Waals surface area (Å²) in [6, 6.07) is 5.22. The second-order valence-corrected chi connectivity index (χ2v) is 4.66. The van der Waals surface area contributed by atoms with Crippen LogP contribution in [-0.4, -0.2) is 53.6 Å². The standard InChI is InChI=1S/C12H13BrN2O5/c1-20-10-3-2-9(13)4-8(10)5-14-15(6-11(16)17)7-12(18)19/h2-5H,6-7H2,1H3,(H,16,17)(H,18,19)/b14-5-. The van der Waals surface area contributed by atoms with Gasteiger partial charge in [-0.1, -0.05) is 15.9 Å². The Labute approximate surface area is 123 Å². The molecule has 108 valence electrons. The minimum Gasteiger partial charge on any atom is -0.496 e. The molecule has 0 heterocycles. The van der Waals surface area contributed by atoms with E-state index in [4.69, 9.17) is 14.9 Å². The monoisotopic (exact) mass is 344 g/mol. The maximum Gasteiger partial charge on any atom is 0.324 e. The van der Waals surface area contributed by atoms with Crippen LogP contribution < -0.4 is 4.74 Å². The van der Waals surface area contributed by atoms with Crippen LogP contribution in [0.5, 0.6) is 5.75 Å². The summed E-state index contributed by atoms with van der Waals surface area (Å²) >= 11 is 3.29. The van der Waals surface area contributed by atoms with Gasteiger partial charge in [-0.15, -0.1) is 0 Å². The van der Waals surface area contributed by atoms with Crippen molar-refractivity contribution < 1.29 is 24.5 Å². The van der Waals surface area contributed by atoms with Crippen molar-refractivity contribution in [1.82, 2.24) is 5.01 Å². The summed E-state index contributed by atoms with van der Waals surface area (Å²) in [4.78, 5) is 21.3. The molecular weight excluding hydrogens is 332 g/mol. The zero-order valence-electron chi connectivity index (χ0n) is 10.6. The minimum absolute atomic E-state index is 0.501. The Bertz CT molecular complexity index is 517. The van der Waals surface area contributed by atoms with Gasteiger partial charge in [0, 0.05) is 10.0 Å². The first-order valence-electron chi connectivity index (χ1n) is 5.48. The Hall–Kier alpha value is -2.09. The molecule has 0 saturated heterocycles. The number of halogens is 1. The van der Waals surface area contributed by atoms with Crippen LogP contribution in [0.15, 0.2) is 27.8 Å². The van der Waals surface area contributed by atoms with Crippen LogP contribution in [0.3, 0.4) is 0 Å². The molecular formula is C12H13BrN2O5. The van der Waals surface area contributed by atoms with Crippen molar-refractivity contribution in [2.75, 3.05) is 20.2 Å². The number of hydrogen-bond acceptors (Lipinski definition) is 5. The normalized spacial score (nSPS) is 10.5. The van der Waals surface area contributed by atoms with Crippen LogP contribution in [0.4, 0.5) is 0 Å². The summed E-state index contributed by atoms with van der Waals surface area (Å²) in [5, 5.41) is 22.2. The van der Waals surface area contributed by atoms with Gasteiger partial charge in [-0.2, -0.15) is 5.10 Å². The van der Waals surface area contributed by atoms with E-state index in [1.54, 1.807) is 18.2 Å². The van der Waals surface area contributed by atoms with Gasteiger partial charge in [-0.25, -0.2) is 0 Å². The number of nitrogens with zero attached hydrogens (tertiary/aromatic N) is 2. The highest BCUT2D eigenvalue weighted by atomic mass is 79.9. The smallest absolute Gasteiger partial charge is 0.324 e. The van der Waals surface area contributed by atoms with Crippen molar-refractivity contribution in [3.8, 4) is 5.75 Å². The topological polar surface area (TPSA) is 99.4 Å². The average Bonchev–Trinajstić information content (AvgIpc) is 2.34. The fraction of sp³-hybridized carbons (Fsp3) is 0.250. The highest BCUT2D eigenvalue weighted by Crippen LogP contribution is 2.21. The first-order chi connectivity index (χ1) is 9.42. The van der Waals surface area contributed by atoms with Gasteiger partial charge < -0.3 is 14.9 Å². The Morgan fingerprint density at radius 3 is 2.45 bits per heavy atom. The van der Waals surface area contributed by atoms with Crippen LogP contribution in [0.1, 0.15) is 5.56 Å². The molecule has 20 heavy (non-hydrogen) atoms. The molecule has 0 spiro atoms. The molecule has 0 radical (unpaired) electrons. The molecule has 0 bridgehead atoms. The van der Waals surface area contributed by atoms with Gasteiger partial charge in [0.25, 0.3) is 0 Å². The molecule has 0 aliphatic rings. The van der Waals surface area contributed by atoms with Crippen LogP contribution in [0.2, 0.25) is 0 Å². The fourth-order valence-electron chi connectivity index (χ4n) is 1.40. The van der Waals surface area contributed by atoms with Gasteiger partial charge in [0.2, 0.25) is 0 Å². The van der Waals surface area contributed by atoms with Gasteiger partial charge in [-0.05, 0) is 18.2 Å². The summed E-state index contributed by atoms with van der Waals surface area (Å²) in [5.74, 6) is -1.78. The third-order valence-corrected chi connectivity index (χ3v) is 2.68. The number of hydrogen-bond donors (Lipinski definition) is 2. The number of carboxylic acid groups (broad SMARTS) is 2. The predicted octanol–water partition coefficient (Wildman–Crippen LogP) is 1.26. The van der Waals surface area contributed by atoms with Crippen LogP contribution in [0, 0.1) is 0 Å². The van der Waals surface area contributed by atoms with Crippen LogP contribution in [-0.2, 0) is 9.59 Å². The number of rotatable bonds is 7. The van der Waals surface area contributed by atoms with Gasteiger partial charge in [0.05, 0.1) is 13.3 Å². The number of methoxy groups -OCH3 is 1. The second kappa shape index (κ2) is 7.49. The molecule has 0 unspecified atom stereocenters. The van der Waals surface area contributed by atoms with Gasteiger partial charge in [0.15, 0.2) is 0 Å². The Morgan fingerprint density at radius 1 is 1.35 bits per heavy atom. The van der Waals surface area contributed by atoms with Gasteiger partial charge in [-0.3, -0.25) is 14.6 Å². The Kier molecular flexibility index (Phi) is 5.98. The van der Waals surface area contributed by atoms with Crippen LogP contribution in [0.25, 0.3) is 0 Å². The van der Waals surface area contributed by atoms with Gasteiger partial charge in [0.1, 0.15) is 18.8 Å².